The number of hydrogen-bond donors (Lipinski definition) is 0. The van der Waals surface area contributed by atoms with E-state index in [0.717, 1.165) is 31.0 Å². The number of allylic oxidation sites excluding steroid dienone is 2. The average molecular weight is 392 g/mol. The van der Waals surface area contributed by atoms with Gasteiger partial charge in [0.1, 0.15) is 11.6 Å². The van der Waals surface area contributed by atoms with Crippen molar-refractivity contribution in [2.75, 3.05) is 0 Å². The van der Waals surface area contributed by atoms with Crippen LogP contribution in [0.2, 0.25) is 0 Å². The molecular formula is C23H21F5. The lowest BCUT2D eigenvalue weighted by Gasteiger charge is -2.46. The molecule has 0 amide bonds. The molecular weight excluding hydrogens is 371 g/mol. The van der Waals surface area contributed by atoms with Gasteiger partial charge in [0.25, 0.3) is 0 Å². The van der Waals surface area contributed by atoms with Crippen LogP contribution >= 0.6 is 0 Å². The first-order valence-corrected chi connectivity index (χ1v) is 9.65. The highest BCUT2D eigenvalue weighted by Gasteiger charge is 2.43. The highest BCUT2D eigenvalue weighted by molar-refractivity contribution is 5.38. The minimum atomic E-state index is -1.48. The molecule has 148 valence electrons. The molecule has 0 aliphatic heterocycles. The summed E-state index contributed by atoms with van der Waals surface area (Å²) in [6.45, 7) is 1.88. The molecule has 0 radical (unpaired) electrons. The molecule has 2 aliphatic rings. The molecule has 2 aromatic carbocycles. The van der Waals surface area contributed by atoms with Crippen molar-refractivity contribution in [3.8, 4) is 0 Å². The van der Waals surface area contributed by atoms with Crippen molar-refractivity contribution in [1.82, 2.24) is 0 Å². The van der Waals surface area contributed by atoms with Gasteiger partial charge in [0.2, 0.25) is 0 Å². The summed E-state index contributed by atoms with van der Waals surface area (Å²) in [5, 5.41) is 0. The van der Waals surface area contributed by atoms with Gasteiger partial charge >= 0.3 is 0 Å². The average Bonchev–Trinajstić information content (AvgIpc) is 2.65. The molecule has 4 atom stereocenters. The molecule has 1 saturated carbocycles. The summed E-state index contributed by atoms with van der Waals surface area (Å²) in [4.78, 5) is 0. The van der Waals surface area contributed by atoms with Gasteiger partial charge < -0.3 is 0 Å². The van der Waals surface area contributed by atoms with Crippen molar-refractivity contribution in [3.05, 3.63) is 82.2 Å². The van der Waals surface area contributed by atoms with Crippen LogP contribution in [0.1, 0.15) is 54.7 Å². The van der Waals surface area contributed by atoms with Crippen molar-refractivity contribution in [2.45, 2.75) is 44.4 Å². The maximum atomic E-state index is 14.3. The lowest BCUT2D eigenvalue weighted by molar-refractivity contribution is 0.193. The summed E-state index contributed by atoms with van der Waals surface area (Å²) in [5.74, 6) is -5.33. The first-order valence-electron chi connectivity index (χ1n) is 9.65. The number of fused-ring (bicyclic) bond motifs is 3. The van der Waals surface area contributed by atoms with E-state index in [1.54, 1.807) is 0 Å². The van der Waals surface area contributed by atoms with E-state index in [0.29, 0.717) is 29.5 Å². The molecule has 28 heavy (non-hydrogen) atoms. The maximum Gasteiger partial charge on any atom is 0.194 e. The molecule has 1 fully saturated rings. The summed E-state index contributed by atoms with van der Waals surface area (Å²) in [6.07, 6.45) is 6.49. The molecule has 0 heterocycles. The zero-order valence-corrected chi connectivity index (χ0v) is 15.5. The van der Waals surface area contributed by atoms with Crippen molar-refractivity contribution >= 4 is 0 Å². The van der Waals surface area contributed by atoms with E-state index in [-0.39, 0.29) is 23.7 Å². The molecule has 0 unspecified atom stereocenters. The Morgan fingerprint density at radius 1 is 0.857 bits per heavy atom. The molecule has 2 aliphatic carbocycles. The molecule has 2 aromatic rings. The third-order valence-electron chi connectivity index (χ3n) is 6.40. The quantitative estimate of drug-likeness (QED) is 0.300. The predicted octanol–water partition coefficient (Wildman–Crippen LogP) is 6.80. The minimum absolute atomic E-state index is 0.0205. The minimum Gasteiger partial charge on any atom is -0.207 e. The second-order valence-corrected chi connectivity index (χ2v) is 7.86. The molecule has 0 nitrogen and oxygen atoms in total. The first kappa shape index (κ1) is 19.2. The fourth-order valence-corrected chi connectivity index (χ4v) is 5.35. The van der Waals surface area contributed by atoms with Gasteiger partial charge in [0.05, 0.1) is 0 Å². The third kappa shape index (κ3) is 3.15. The number of rotatable bonds is 2. The van der Waals surface area contributed by atoms with Crippen LogP contribution in [0.3, 0.4) is 0 Å². The second kappa shape index (κ2) is 7.34. The van der Waals surface area contributed by atoms with Crippen LogP contribution in [0.15, 0.2) is 36.4 Å². The van der Waals surface area contributed by atoms with E-state index in [9.17, 15) is 22.0 Å². The van der Waals surface area contributed by atoms with Gasteiger partial charge in [-0.25, -0.2) is 22.0 Å². The highest BCUT2D eigenvalue weighted by atomic mass is 19.2. The largest absolute Gasteiger partial charge is 0.207 e. The molecule has 0 bridgehead atoms. The van der Waals surface area contributed by atoms with Gasteiger partial charge in [-0.1, -0.05) is 12.2 Å². The van der Waals surface area contributed by atoms with Crippen molar-refractivity contribution < 1.29 is 22.0 Å². The first-order chi connectivity index (χ1) is 13.4. The van der Waals surface area contributed by atoms with Crippen LogP contribution in [0.25, 0.3) is 0 Å². The zero-order chi connectivity index (χ0) is 20.0. The van der Waals surface area contributed by atoms with Crippen molar-refractivity contribution in [2.24, 2.45) is 11.8 Å². The van der Waals surface area contributed by atoms with Crippen LogP contribution in [0.5, 0.6) is 0 Å². The van der Waals surface area contributed by atoms with E-state index >= 15 is 0 Å². The summed E-state index contributed by atoms with van der Waals surface area (Å²) in [6, 6.07) is 4.45. The Labute approximate surface area is 161 Å². The van der Waals surface area contributed by atoms with Gasteiger partial charge in [0, 0.05) is 6.07 Å². The Morgan fingerprint density at radius 2 is 1.57 bits per heavy atom. The Bertz CT molecular complexity index is 910. The number of benzene rings is 2. The number of halogens is 5. The molecule has 5 heteroatoms. The van der Waals surface area contributed by atoms with Crippen LogP contribution in [0, 0.1) is 40.9 Å². The maximum absolute atomic E-state index is 14.3. The highest BCUT2D eigenvalue weighted by Crippen LogP contribution is 2.54. The van der Waals surface area contributed by atoms with Crippen LogP contribution < -0.4 is 0 Å². The summed E-state index contributed by atoms with van der Waals surface area (Å²) >= 11 is 0. The normalized spacial score (nSPS) is 26.9. The Balaban J connectivity index is 1.81. The van der Waals surface area contributed by atoms with Gasteiger partial charge in [-0.15, -0.1) is 0 Å². The summed E-state index contributed by atoms with van der Waals surface area (Å²) in [7, 11) is 0. The predicted molar refractivity (Wildman–Crippen MR) is 97.5 cm³/mol. The molecule has 0 saturated heterocycles. The lowest BCUT2D eigenvalue weighted by Crippen LogP contribution is -2.35. The van der Waals surface area contributed by atoms with E-state index in [4.69, 9.17) is 0 Å². The molecule has 0 aromatic heterocycles. The Morgan fingerprint density at radius 3 is 2.25 bits per heavy atom. The van der Waals surface area contributed by atoms with Crippen LogP contribution in [-0.4, -0.2) is 0 Å². The SMILES string of the molecule is C/C=C/[C@@H]1CC[C@H]2c3cc(F)cc(F)c3CC[C@@H]2[C@H]1c1cc(F)c(F)c(F)c1. The van der Waals surface area contributed by atoms with Gasteiger partial charge in [-0.3, -0.25) is 0 Å². The molecule has 0 spiro atoms. The Kier molecular flexibility index (Phi) is 5.02. The van der Waals surface area contributed by atoms with E-state index in [1.807, 2.05) is 19.1 Å². The van der Waals surface area contributed by atoms with Gasteiger partial charge in [-0.2, -0.15) is 0 Å². The van der Waals surface area contributed by atoms with E-state index < -0.39 is 29.1 Å². The van der Waals surface area contributed by atoms with Crippen molar-refractivity contribution in [1.29, 1.82) is 0 Å². The van der Waals surface area contributed by atoms with Crippen LogP contribution in [-0.2, 0) is 6.42 Å². The van der Waals surface area contributed by atoms with Crippen molar-refractivity contribution in [3.63, 3.8) is 0 Å². The van der Waals surface area contributed by atoms with Gasteiger partial charge in [0.15, 0.2) is 17.5 Å². The number of hydrogen-bond acceptors (Lipinski definition) is 0. The fraction of sp³-hybridized carbons (Fsp3) is 0.391. The standard InChI is InChI=1S/C23H21F5/c1-2-3-12-4-5-15-17(7-6-16-18(15)10-14(24)11-19(16)25)22(12)13-8-20(26)23(28)21(27)9-13/h2-3,8-12,15,17,22H,4-7H2,1H3/b3-2+/t12-,15-,17+,22-/m1/s1. The third-order valence-corrected chi connectivity index (χ3v) is 6.40. The second-order valence-electron chi connectivity index (χ2n) is 7.86. The molecule has 0 N–H and O–H groups in total. The summed E-state index contributed by atoms with van der Waals surface area (Å²) in [5.41, 5.74) is 1.62. The van der Waals surface area contributed by atoms with E-state index in [2.05, 4.69) is 0 Å². The molecule has 4 rings (SSSR count). The topological polar surface area (TPSA) is 0 Å². The van der Waals surface area contributed by atoms with E-state index in [1.165, 1.54) is 6.07 Å². The summed E-state index contributed by atoms with van der Waals surface area (Å²) < 4.78 is 69.5. The fourth-order valence-electron chi connectivity index (χ4n) is 5.35. The lowest BCUT2D eigenvalue weighted by atomic mass is 9.58. The zero-order valence-electron chi connectivity index (χ0n) is 15.5. The monoisotopic (exact) mass is 392 g/mol. The smallest absolute Gasteiger partial charge is 0.194 e. The van der Waals surface area contributed by atoms with Crippen LogP contribution in [0.4, 0.5) is 22.0 Å². The Hall–Kier alpha value is -2.17. The van der Waals surface area contributed by atoms with Gasteiger partial charge in [-0.05, 0) is 91.2 Å².